The molecule has 3 N–H and O–H groups in total. The predicted octanol–water partition coefficient (Wildman–Crippen LogP) is 0.517. The molecular weight excluding hydrogens is 228 g/mol. The molecule has 1 heterocycles. The number of rotatable bonds is 1. The summed E-state index contributed by atoms with van der Waals surface area (Å²) in [6.45, 7) is 0.308. The van der Waals surface area contributed by atoms with E-state index < -0.39 is 0 Å². The van der Waals surface area contributed by atoms with Crippen LogP contribution in [0.4, 0.5) is 0 Å². The lowest BCUT2D eigenvalue weighted by molar-refractivity contribution is -0.134. The Hall–Kier alpha value is -2.12. The number of nitrogens with one attached hydrogen (secondary N) is 1. The second-order valence-electron chi connectivity index (χ2n) is 4.14. The average molecular weight is 242 g/mol. The fourth-order valence-corrected chi connectivity index (χ4v) is 2.00. The Kier molecular flexibility index (Phi) is 3.75. The lowest BCUT2D eigenvalue weighted by Gasteiger charge is -2.21. The Labute approximate surface area is 106 Å². The summed E-state index contributed by atoms with van der Waals surface area (Å²) < 4.78 is 0. The van der Waals surface area contributed by atoms with Crippen molar-refractivity contribution in [3.8, 4) is 11.8 Å². The van der Waals surface area contributed by atoms with Crippen LogP contribution in [0.5, 0.6) is 0 Å². The third-order valence-electron chi connectivity index (χ3n) is 2.86. The highest BCUT2D eigenvalue weighted by atomic mass is 16.2. The van der Waals surface area contributed by atoms with Crippen molar-refractivity contribution in [3.63, 3.8) is 0 Å². The molecule has 1 aromatic rings. The second kappa shape index (κ2) is 5.48. The Morgan fingerprint density at radius 2 is 2.22 bits per heavy atom. The van der Waals surface area contributed by atoms with E-state index in [9.17, 15) is 9.59 Å². The molecule has 1 atom stereocenters. The highest BCUT2D eigenvalue weighted by Gasteiger charge is 2.27. The van der Waals surface area contributed by atoms with Crippen molar-refractivity contribution < 1.29 is 9.59 Å². The van der Waals surface area contributed by atoms with Crippen LogP contribution in [0.2, 0.25) is 0 Å². The van der Waals surface area contributed by atoms with Crippen molar-refractivity contribution in [3.05, 3.63) is 35.4 Å². The van der Waals surface area contributed by atoms with Crippen molar-refractivity contribution in [1.29, 1.82) is 0 Å². The van der Waals surface area contributed by atoms with E-state index in [-0.39, 0.29) is 17.7 Å². The quantitative estimate of drug-likeness (QED) is 0.557. The van der Waals surface area contributed by atoms with Gasteiger partial charge in [0.05, 0.1) is 12.5 Å². The zero-order valence-electron chi connectivity index (χ0n) is 9.90. The van der Waals surface area contributed by atoms with Gasteiger partial charge in [-0.25, -0.2) is 0 Å². The summed E-state index contributed by atoms with van der Waals surface area (Å²) in [4.78, 5) is 22.8. The summed E-state index contributed by atoms with van der Waals surface area (Å²) in [5.74, 6) is 5.02. The van der Waals surface area contributed by atoms with Gasteiger partial charge in [0.15, 0.2) is 0 Å². The summed E-state index contributed by atoms with van der Waals surface area (Å²) in [5, 5.41) is 2.36. The molecule has 1 aliphatic rings. The molecule has 0 aliphatic carbocycles. The lowest BCUT2D eigenvalue weighted by atomic mass is 9.90. The number of hydrogen-bond acceptors (Lipinski definition) is 3. The number of benzene rings is 1. The van der Waals surface area contributed by atoms with Crippen molar-refractivity contribution in [2.75, 3.05) is 6.54 Å². The maximum atomic E-state index is 11.7. The first-order chi connectivity index (χ1) is 8.70. The van der Waals surface area contributed by atoms with E-state index in [0.717, 1.165) is 11.1 Å². The largest absolute Gasteiger partial charge is 0.320 e. The monoisotopic (exact) mass is 242 g/mol. The van der Waals surface area contributed by atoms with Gasteiger partial charge < -0.3 is 5.73 Å². The third kappa shape index (κ3) is 2.76. The molecule has 0 aromatic heterocycles. The Balaban J connectivity index is 2.23. The molecule has 92 valence electrons. The number of carbonyl (C=O) groups is 2. The van der Waals surface area contributed by atoms with E-state index >= 15 is 0 Å². The van der Waals surface area contributed by atoms with Gasteiger partial charge in [0.25, 0.3) is 0 Å². The maximum Gasteiger partial charge on any atom is 0.234 e. The van der Waals surface area contributed by atoms with Gasteiger partial charge in [0, 0.05) is 12.0 Å². The number of imide groups is 1. The summed E-state index contributed by atoms with van der Waals surface area (Å²) >= 11 is 0. The highest BCUT2D eigenvalue weighted by molar-refractivity contribution is 6.00. The van der Waals surface area contributed by atoms with Crippen LogP contribution in [0.25, 0.3) is 0 Å². The molecule has 1 aromatic carbocycles. The predicted molar refractivity (Wildman–Crippen MR) is 67.5 cm³/mol. The van der Waals surface area contributed by atoms with Crippen molar-refractivity contribution in [1.82, 2.24) is 5.32 Å². The summed E-state index contributed by atoms with van der Waals surface area (Å²) in [7, 11) is 0. The van der Waals surface area contributed by atoms with Gasteiger partial charge >= 0.3 is 0 Å². The fraction of sp³-hybridized carbons (Fsp3) is 0.286. The average Bonchev–Trinajstić information content (AvgIpc) is 2.36. The summed E-state index contributed by atoms with van der Waals surface area (Å²) in [5.41, 5.74) is 7.05. The second-order valence-corrected chi connectivity index (χ2v) is 4.14. The molecule has 1 fully saturated rings. The van der Waals surface area contributed by atoms with Crippen LogP contribution in [0, 0.1) is 11.8 Å². The Bertz CT molecular complexity index is 540. The van der Waals surface area contributed by atoms with Gasteiger partial charge in [0.1, 0.15) is 0 Å². The molecule has 4 nitrogen and oxygen atoms in total. The van der Waals surface area contributed by atoms with Crippen molar-refractivity contribution >= 4 is 11.8 Å². The molecule has 4 heteroatoms. The topological polar surface area (TPSA) is 72.2 Å². The van der Waals surface area contributed by atoms with E-state index in [1.165, 1.54) is 0 Å². The standard InChI is InChI=1S/C14H14N2O2/c15-8-2-4-10-3-1-5-11(9-10)12-6-7-13(17)16-14(12)18/h1,3,5,9,12H,6-8,15H2,(H,16,17,18). The number of amides is 2. The Morgan fingerprint density at radius 3 is 2.94 bits per heavy atom. The van der Waals surface area contributed by atoms with E-state index in [1.54, 1.807) is 0 Å². The molecular formula is C14H14N2O2. The molecule has 2 amide bonds. The minimum absolute atomic E-state index is 0.199. The lowest BCUT2D eigenvalue weighted by Crippen LogP contribution is -2.39. The van der Waals surface area contributed by atoms with Crippen molar-refractivity contribution in [2.24, 2.45) is 5.73 Å². The van der Waals surface area contributed by atoms with E-state index in [0.29, 0.717) is 19.4 Å². The van der Waals surface area contributed by atoms with Gasteiger partial charge in [-0.15, -0.1) is 0 Å². The van der Waals surface area contributed by atoms with Crippen molar-refractivity contribution in [2.45, 2.75) is 18.8 Å². The molecule has 1 aliphatic heterocycles. The fourth-order valence-electron chi connectivity index (χ4n) is 2.00. The minimum Gasteiger partial charge on any atom is -0.320 e. The van der Waals surface area contributed by atoms with Crippen LogP contribution in [-0.4, -0.2) is 18.4 Å². The van der Waals surface area contributed by atoms with Crippen LogP contribution in [0.1, 0.15) is 29.9 Å². The number of nitrogens with two attached hydrogens (primary N) is 1. The number of piperidine rings is 1. The van der Waals surface area contributed by atoms with Crippen LogP contribution in [-0.2, 0) is 9.59 Å². The molecule has 0 bridgehead atoms. The first-order valence-corrected chi connectivity index (χ1v) is 5.83. The number of carbonyl (C=O) groups excluding carboxylic acids is 2. The van der Waals surface area contributed by atoms with E-state index in [2.05, 4.69) is 17.2 Å². The Morgan fingerprint density at radius 1 is 1.39 bits per heavy atom. The first kappa shape index (κ1) is 12.3. The maximum absolute atomic E-state index is 11.7. The zero-order valence-corrected chi connectivity index (χ0v) is 9.90. The van der Waals surface area contributed by atoms with Gasteiger partial charge in [0.2, 0.25) is 11.8 Å². The molecule has 1 saturated heterocycles. The molecule has 18 heavy (non-hydrogen) atoms. The van der Waals surface area contributed by atoms with Crippen LogP contribution in [0.15, 0.2) is 24.3 Å². The molecule has 2 rings (SSSR count). The van der Waals surface area contributed by atoms with E-state index in [4.69, 9.17) is 5.73 Å². The molecule has 0 spiro atoms. The van der Waals surface area contributed by atoms with Gasteiger partial charge in [-0.2, -0.15) is 0 Å². The SMILES string of the molecule is NCC#Cc1cccc(C2CCC(=O)NC2=O)c1. The smallest absolute Gasteiger partial charge is 0.234 e. The summed E-state index contributed by atoms with van der Waals surface area (Å²) in [6.07, 6.45) is 0.938. The van der Waals surface area contributed by atoms with Crippen LogP contribution < -0.4 is 11.1 Å². The molecule has 0 saturated carbocycles. The first-order valence-electron chi connectivity index (χ1n) is 5.83. The van der Waals surface area contributed by atoms with Gasteiger partial charge in [-0.3, -0.25) is 14.9 Å². The van der Waals surface area contributed by atoms with Gasteiger partial charge in [-0.1, -0.05) is 24.0 Å². The van der Waals surface area contributed by atoms with Crippen LogP contribution >= 0.6 is 0 Å². The third-order valence-corrected chi connectivity index (χ3v) is 2.86. The molecule has 1 unspecified atom stereocenters. The number of hydrogen-bond donors (Lipinski definition) is 2. The zero-order chi connectivity index (χ0) is 13.0. The van der Waals surface area contributed by atoms with Crippen LogP contribution in [0.3, 0.4) is 0 Å². The highest BCUT2D eigenvalue weighted by Crippen LogP contribution is 2.25. The minimum atomic E-state index is -0.262. The molecule has 0 radical (unpaired) electrons. The van der Waals surface area contributed by atoms with Gasteiger partial charge in [-0.05, 0) is 24.1 Å². The summed E-state index contributed by atoms with van der Waals surface area (Å²) in [6, 6.07) is 7.49. The normalized spacial score (nSPS) is 18.8. The van der Waals surface area contributed by atoms with E-state index in [1.807, 2.05) is 24.3 Å².